The number of hydrogen-bond acceptors (Lipinski definition) is 8. The van der Waals surface area contributed by atoms with E-state index in [-0.39, 0.29) is 28.6 Å². The maximum atomic E-state index is 14.2. The number of rotatable bonds is 8. The van der Waals surface area contributed by atoms with Gasteiger partial charge in [0.15, 0.2) is 17.8 Å². The molecule has 3 N–H and O–H groups in total. The fourth-order valence-corrected chi connectivity index (χ4v) is 4.67. The Balaban J connectivity index is 1.48. The first-order chi connectivity index (χ1) is 19.7. The zero-order valence-corrected chi connectivity index (χ0v) is 22.0. The molecule has 0 spiro atoms. The number of amides is 1. The van der Waals surface area contributed by atoms with Crippen LogP contribution < -0.4 is 16.3 Å². The van der Waals surface area contributed by atoms with Gasteiger partial charge in [-0.25, -0.2) is 27.9 Å². The van der Waals surface area contributed by atoms with Gasteiger partial charge >= 0.3 is 11.9 Å². The van der Waals surface area contributed by atoms with Crippen LogP contribution in [-0.4, -0.2) is 75.9 Å². The van der Waals surface area contributed by atoms with Crippen molar-refractivity contribution in [2.24, 2.45) is 5.73 Å². The molecule has 1 aromatic carbocycles. The number of aromatic nitrogens is 7. The maximum absolute atomic E-state index is 14.2. The first kappa shape index (κ1) is 29.1. The summed E-state index contributed by atoms with van der Waals surface area (Å²) in [5.74, 6) is -4.29. The summed E-state index contributed by atoms with van der Waals surface area (Å²) < 4.78 is 70.4. The van der Waals surface area contributed by atoms with Gasteiger partial charge in [0, 0.05) is 23.2 Å². The molecule has 42 heavy (non-hydrogen) atoms. The lowest BCUT2D eigenvalue weighted by atomic mass is 10.2. The molecule has 0 radical (unpaired) electrons. The SMILES string of the molecule is NC(=O)[C@@H]1CC(F)(F)CN1c1ccncc1-n1cnc(Cn2nc(-c3ccc(Cl)cc3)n(CC(O)C(F)(F)F)c2=O)n1. The van der Waals surface area contributed by atoms with Crippen LogP contribution in [0.15, 0.2) is 53.8 Å². The smallest absolute Gasteiger partial charge is 0.382 e. The summed E-state index contributed by atoms with van der Waals surface area (Å²) in [6.45, 7) is -2.30. The molecule has 0 saturated carbocycles. The molecule has 1 aliphatic heterocycles. The number of halogens is 6. The van der Waals surface area contributed by atoms with Crippen LogP contribution >= 0.6 is 11.6 Å². The Hall–Kier alpha value is -4.38. The largest absolute Gasteiger partial charge is 0.416 e. The van der Waals surface area contributed by atoms with Crippen LogP contribution in [0.1, 0.15) is 12.2 Å². The summed E-state index contributed by atoms with van der Waals surface area (Å²) in [7, 11) is 0. The molecule has 1 aliphatic rings. The van der Waals surface area contributed by atoms with E-state index in [0.29, 0.717) is 9.59 Å². The number of aliphatic hydroxyl groups is 1. The van der Waals surface area contributed by atoms with Gasteiger partial charge in [0.1, 0.15) is 24.6 Å². The Bertz CT molecular complexity index is 1670. The Morgan fingerprint density at radius 3 is 2.55 bits per heavy atom. The molecular weight excluding hydrogens is 593 g/mol. The average Bonchev–Trinajstić information content (AvgIpc) is 3.61. The van der Waals surface area contributed by atoms with Crippen LogP contribution in [-0.2, 0) is 17.9 Å². The van der Waals surface area contributed by atoms with Crippen LogP contribution in [0.3, 0.4) is 0 Å². The van der Waals surface area contributed by atoms with Gasteiger partial charge in [-0.15, -0.1) is 10.2 Å². The van der Waals surface area contributed by atoms with Gasteiger partial charge in [0.05, 0.1) is 25.0 Å². The fourth-order valence-electron chi connectivity index (χ4n) is 4.54. The number of nitrogens with two attached hydrogens (primary N) is 1. The number of carbonyl (C=O) groups excluding carboxylic acids is 1. The number of alkyl halides is 5. The van der Waals surface area contributed by atoms with Gasteiger partial charge < -0.3 is 15.7 Å². The standard InChI is InChI=1S/C24H21ClF5N9O3/c25-14-3-1-13(2-4-14)21-35-38(22(42)36(21)9-18(40)24(28,29)30)10-19-33-12-39(34-19)17-8-32-6-5-15(17)37-11-23(26,27)7-16(37)20(31)41/h1-6,8,12,16,18,40H,7,9-11H2,(H2,31,41)/t16-,18?/m0/s1. The van der Waals surface area contributed by atoms with E-state index in [4.69, 9.17) is 17.3 Å². The molecule has 1 fully saturated rings. The number of aliphatic hydroxyl groups excluding tert-OH is 1. The summed E-state index contributed by atoms with van der Waals surface area (Å²) in [5, 5.41) is 18.4. The van der Waals surface area contributed by atoms with Crippen molar-refractivity contribution >= 4 is 23.2 Å². The highest BCUT2D eigenvalue weighted by atomic mass is 35.5. The van der Waals surface area contributed by atoms with E-state index in [0.717, 1.165) is 9.58 Å². The summed E-state index contributed by atoms with van der Waals surface area (Å²) in [5.41, 5.74) is 4.99. The molecule has 0 aliphatic carbocycles. The third-order valence-corrected chi connectivity index (χ3v) is 6.77. The lowest BCUT2D eigenvalue weighted by Gasteiger charge is -2.25. The van der Waals surface area contributed by atoms with Gasteiger partial charge in [-0.3, -0.25) is 14.3 Å². The normalized spacial score (nSPS) is 17.5. The Kier molecular flexibility index (Phi) is 7.48. The van der Waals surface area contributed by atoms with Crippen LogP contribution in [0.5, 0.6) is 0 Å². The number of primary amides is 1. The highest BCUT2D eigenvalue weighted by Crippen LogP contribution is 2.37. The lowest BCUT2D eigenvalue weighted by molar-refractivity contribution is -0.207. The number of hydrogen-bond donors (Lipinski definition) is 2. The second kappa shape index (κ2) is 10.8. The monoisotopic (exact) mass is 613 g/mol. The van der Waals surface area contributed by atoms with Gasteiger partial charge in [-0.05, 0) is 30.3 Å². The van der Waals surface area contributed by atoms with Crippen LogP contribution in [0, 0.1) is 0 Å². The van der Waals surface area contributed by atoms with E-state index in [1.165, 1.54) is 53.7 Å². The molecule has 2 atom stereocenters. The molecule has 1 unspecified atom stereocenters. The van der Waals surface area contributed by atoms with Crippen LogP contribution in [0.2, 0.25) is 5.02 Å². The van der Waals surface area contributed by atoms with Crippen molar-refractivity contribution < 1.29 is 31.9 Å². The second-order valence-corrected chi connectivity index (χ2v) is 9.95. The Morgan fingerprint density at radius 1 is 1.17 bits per heavy atom. The van der Waals surface area contributed by atoms with E-state index < -0.39 is 61.9 Å². The van der Waals surface area contributed by atoms with E-state index in [1.807, 2.05) is 0 Å². The van der Waals surface area contributed by atoms with Crippen molar-refractivity contribution in [3.8, 4) is 17.1 Å². The number of pyridine rings is 1. The first-order valence-corrected chi connectivity index (χ1v) is 12.6. The van der Waals surface area contributed by atoms with Crippen molar-refractivity contribution in [1.29, 1.82) is 0 Å². The zero-order valence-electron chi connectivity index (χ0n) is 21.3. The topological polar surface area (TPSA) is 150 Å². The third-order valence-electron chi connectivity index (χ3n) is 6.52. The van der Waals surface area contributed by atoms with Crippen molar-refractivity contribution in [2.45, 2.75) is 43.8 Å². The second-order valence-electron chi connectivity index (χ2n) is 9.51. The van der Waals surface area contributed by atoms with Crippen LogP contribution in [0.4, 0.5) is 27.6 Å². The van der Waals surface area contributed by atoms with Crippen molar-refractivity contribution in [3.63, 3.8) is 0 Å². The molecule has 0 bridgehead atoms. The predicted molar refractivity (Wildman–Crippen MR) is 137 cm³/mol. The number of carbonyl (C=O) groups is 1. The highest BCUT2D eigenvalue weighted by molar-refractivity contribution is 6.30. The molecule has 18 heteroatoms. The minimum atomic E-state index is -4.99. The van der Waals surface area contributed by atoms with Gasteiger partial charge in [0.2, 0.25) is 5.91 Å². The zero-order chi connectivity index (χ0) is 30.4. The molecule has 5 rings (SSSR count). The molecule has 12 nitrogen and oxygen atoms in total. The number of benzene rings is 1. The molecule has 4 aromatic rings. The highest BCUT2D eigenvalue weighted by Gasteiger charge is 2.48. The number of nitrogens with zero attached hydrogens (tertiary/aromatic N) is 8. The minimum Gasteiger partial charge on any atom is -0.382 e. The maximum Gasteiger partial charge on any atom is 0.416 e. The van der Waals surface area contributed by atoms with E-state index >= 15 is 0 Å². The molecule has 1 saturated heterocycles. The van der Waals surface area contributed by atoms with E-state index in [9.17, 15) is 36.6 Å². The third kappa shape index (κ3) is 5.82. The van der Waals surface area contributed by atoms with E-state index in [1.54, 1.807) is 0 Å². The van der Waals surface area contributed by atoms with Crippen molar-refractivity contribution in [2.75, 3.05) is 11.4 Å². The van der Waals surface area contributed by atoms with E-state index in [2.05, 4.69) is 20.2 Å². The summed E-state index contributed by atoms with van der Waals surface area (Å²) in [4.78, 5) is 34.3. The Labute approximate surface area is 237 Å². The Morgan fingerprint density at radius 2 is 1.88 bits per heavy atom. The van der Waals surface area contributed by atoms with Crippen molar-refractivity contribution in [3.05, 3.63) is 70.4 Å². The van der Waals surface area contributed by atoms with Crippen LogP contribution in [0.25, 0.3) is 17.1 Å². The number of anilines is 1. The molecule has 1 amide bonds. The fraction of sp³-hybridized carbons (Fsp3) is 0.333. The average molecular weight is 614 g/mol. The first-order valence-electron chi connectivity index (χ1n) is 12.2. The molecular formula is C24H21ClF5N9O3. The quantitative estimate of drug-likeness (QED) is 0.287. The van der Waals surface area contributed by atoms with Gasteiger partial charge in [0.25, 0.3) is 5.92 Å². The summed E-state index contributed by atoms with van der Waals surface area (Å²) in [6.07, 6.45) is -4.75. The molecule has 222 valence electrons. The predicted octanol–water partition coefficient (Wildman–Crippen LogP) is 2.01. The van der Waals surface area contributed by atoms with Gasteiger partial charge in [-0.2, -0.15) is 13.2 Å². The van der Waals surface area contributed by atoms with Crippen molar-refractivity contribution in [1.82, 2.24) is 34.1 Å². The summed E-state index contributed by atoms with van der Waals surface area (Å²) in [6, 6.07) is 5.93. The van der Waals surface area contributed by atoms with Gasteiger partial charge in [-0.1, -0.05) is 11.6 Å². The minimum absolute atomic E-state index is 0.0196. The molecule has 3 aromatic heterocycles. The lowest BCUT2D eigenvalue weighted by Crippen LogP contribution is -2.40. The summed E-state index contributed by atoms with van der Waals surface area (Å²) >= 11 is 5.90. The molecule has 4 heterocycles.